The van der Waals surface area contributed by atoms with E-state index in [1.165, 1.54) is 29.3 Å². The van der Waals surface area contributed by atoms with E-state index in [1.807, 2.05) is 6.07 Å². The van der Waals surface area contributed by atoms with Crippen molar-refractivity contribution in [3.8, 4) is 0 Å². The smallest absolute Gasteiger partial charge is 0.306 e. The van der Waals surface area contributed by atoms with Gasteiger partial charge in [0.15, 0.2) is 0 Å². The largest absolute Gasteiger partial charge is 0.469 e. The van der Waals surface area contributed by atoms with Gasteiger partial charge < -0.3 is 15.0 Å². The number of hydrogen-bond acceptors (Lipinski definition) is 3. The van der Waals surface area contributed by atoms with Crippen LogP contribution in [0.5, 0.6) is 0 Å². The normalized spacial score (nSPS) is 10.8. The molecule has 0 saturated carbocycles. The molecule has 0 atom stereocenters. The van der Waals surface area contributed by atoms with Crippen LogP contribution < -0.4 is 5.32 Å². The van der Waals surface area contributed by atoms with Gasteiger partial charge in [-0.05, 0) is 31.5 Å². The maximum atomic E-state index is 11.0. The van der Waals surface area contributed by atoms with E-state index >= 15 is 0 Å². The molecule has 1 aromatic carbocycles. The van der Waals surface area contributed by atoms with E-state index in [-0.39, 0.29) is 5.97 Å². The number of para-hydroxylation sites is 1. The second kappa shape index (κ2) is 6.38. The van der Waals surface area contributed by atoms with Gasteiger partial charge in [0.25, 0.3) is 0 Å². The Morgan fingerprint density at radius 3 is 2.89 bits per heavy atom. The minimum Gasteiger partial charge on any atom is -0.469 e. The summed E-state index contributed by atoms with van der Waals surface area (Å²) in [7, 11) is 1.41. The van der Waals surface area contributed by atoms with Gasteiger partial charge in [0.1, 0.15) is 0 Å². The third-order valence-corrected chi connectivity index (χ3v) is 3.31. The number of benzene rings is 1. The zero-order valence-electron chi connectivity index (χ0n) is 11.5. The van der Waals surface area contributed by atoms with Gasteiger partial charge in [-0.3, -0.25) is 4.79 Å². The number of aromatic nitrogens is 1. The van der Waals surface area contributed by atoms with Crippen molar-refractivity contribution in [3.05, 3.63) is 35.5 Å². The lowest BCUT2D eigenvalue weighted by molar-refractivity contribution is -0.140. The van der Waals surface area contributed by atoms with E-state index in [4.69, 9.17) is 0 Å². The standard InChI is InChI=1S/C15H20N2O2/c1-11-12(7-9-16-10-8-15(18)19-2)13-5-3-4-6-14(13)17-11/h3-6,16-17H,7-10H2,1-2H3. The Morgan fingerprint density at radius 1 is 1.32 bits per heavy atom. The number of carbonyl (C=O) groups is 1. The molecule has 0 saturated heterocycles. The molecule has 0 spiro atoms. The Kier molecular flexibility index (Phi) is 4.58. The van der Waals surface area contributed by atoms with Crippen molar-refractivity contribution < 1.29 is 9.53 Å². The van der Waals surface area contributed by atoms with Gasteiger partial charge in [-0.2, -0.15) is 0 Å². The fourth-order valence-electron chi connectivity index (χ4n) is 2.29. The minimum absolute atomic E-state index is 0.171. The molecular formula is C15H20N2O2. The predicted octanol–water partition coefficient (Wildman–Crippen LogP) is 2.17. The van der Waals surface area contributed by atoms with E-state index in [2.05, 4.69) is 40.2 Å². The molecule has 0 aliphatic heterocycles. The Labute approximate surface area is 113 Å². The summed E-state index contributed by atoms with van der Waals surface area (Å²) in [4.78, 5) is 14.4. The second-order valence-electron chi connectivity index (χ2n) is 4.60. The van der Waals surface area contributed by atoms with Crippen LogP contribution >= 0.6 is 0 Å². The average Bonchev–Trinajstić information content (AvgIpc) is 2.74. The predicted molar refractivity (Wildman–Crippen MR) is 76.2 cm³/mol. The zero-order valence-corrected chi connectivity index (χ0v) is 11.5. The molecule has 19 heavy (non-hydrogen) atoms. The number of carbonyl (C=O) groups excluding carboxylic acids is 1. The van der Waals surface area contributed by atoms with E-state index in [0.717, 1.165) is 13.0 Å². The lowest BCUT2D eigenvalue weighted by atomic mass is 10.1. The van der Waals surface area contributed by atoms with Crippen LogP contribution in [-0.4, -0.2) is 31.2 Å². The number of esters is 1. The third kappa shape index (κ3) is 3.35. The van der Waals surface area contributed by atoms with Crippen LogP contribution in [0.3, 0.4) is 0 Å². The lowest BCUT2D eigenvalue weighted by Gasteiger charge is -2.04. The van der Waals surface area contributed by atoms with Crippen LogP contribution in [0.1, 0.15) is 17.7 Å². The topological polar surface area (TPSA) is 54.1 Å². The number of nitrogens with one attached hydrogen (secondary N) is 2. The average molecular weight is 260 g/mol. The van der Waals surface area contributed by atoms with Crippen molar-refractivity contribution >= 4 is 16.9 Å². The molecule has 0 radical (unpaired) electrons. The monoisotopic (exact) mass is 260 g/mol. The molecule has 2 rings (SSSR count). The number of hydrogen-bond donors (Lipinski definition) is 2. The fourth-order valence-corrected chi connectivity index (χ4v) is 2.29. The van der Waals surface area contributed by atoms with Gasteiger partial charge in [-0.15, -0.1) is 0 Å². The van der Waals surface area contributed by atoms with Crippen LogP contribution in [0.2, 0.25) is 0 Å². The Bertz CT molecular complexity index is 560. The Hall–Kier alpha value is -1.81. The van der Waals surface area contributed by atoms with Crippen molar-refractivity contribution in [1.82, 2.24) is 10.3 Å². The molecule has 0 bridgehead atoms. The molecule has 0 fully saturated rings. The molecule has 4 nitrogen and oxygen atoms in total. The SMILES string of the molecule is COC(=O)CCNCCc1c(C)[nH]c2ccccc12. The van der Waals surface area contributed by atoms with Crippen LogP contribution in [0.4, 0.5) is 0 Å². The summed E-state index contributed by atoms with van der Waals surface area (Å²) >= 11 is 0. The van der Waals surface area contributed by atoms with Crippen molar-refractivity contribution in [2.75, 3.05) is 20.2 Å². The third-order valence-electron chi connectivity index (χ3n) is 3.31. The van der Waals surface area contributed by atoms with E-state index in [1.54, 1.807) is 0 Å². The van der Waals surface area contributed by atoms with Crippen molar-refractivity contribution in [2.45, 2.75) is 19.8 Å². The van der Waals surface area contributed by atoms with Crippen molar-refractivity contribution in [3.63, 3.8) is 0 Å². The quantitative estimate of drug-likeness (QED) is 0.618. The molecule has 4 heteroatoms. The van der Waals surface area contributed by atoms with Crippen LogP contribution in [0, 0.1) is 6.92 Å². The molecule has 1 heterocycles. The molecule has 0 aliphatic carbocycles. The number of aromatic amines is 1. The first-order valence-corrected chi connectivity index (χ1v) is 6.56. The van der Waals surface area contributed by atoms with Gasteiger partial charge in [0, 0.05) is 23.1 Å². The van der Waals surface area contributed by atoms with Gasteiger partial charge in [-0.25, -0.2) is 0 Å². The zero-order chi connectivity index (χ0) is 13.7. The van der Waals surface area contributed by atoms with Crippen molar-refractivity contribution in [1.29, 1.82) is 0 Å². The number of rotatable bonds is 6. The highest BCUT2D eigenvalue weighted by molar-refractivity contribution is 5.84. The second-order valence-corrected chi connectivity index (χ2v) is 4.60. The molecule has 2 aromatic rings. The summed E-state index contributed by atoms with van der Waals surface area (Å²) in [6.07, 6.45) is 1.38. The highest BCUT2D eigenvalue weighted by atomic mass is 16.5. The van der Waals surface area contributed by atoms with Gasteiger partial charge in [0.2, 0.25) is 0 Å². The van der Waals surface area contributed by atoms with Gasteiger partial charge in [-0.1, -0.05) is 18.2 Å². The summed E-state index contributed by atoms with van der Waals surface area (Å²) in [5.41, 5.74) is 3.75. The molecule has 0 aliphatic rings. The number of fused-ring (bicyclic) bond motifs is 1. The summed E-state index contributed by atoms with van der Waals surface area (Å²) < 4.78 is 4.60. The molecule has 0 unspecified atom stereocenters. The number of ether oxygens (including phenoxy) is 1. The highest BCUT2D eigenvalue weighted by Gasteiger charge is 2.07. The first-order chi connectivity index (χ1) is 9.22. The molecule has 2 N–H and O–H groups in total. The fraction of sp³-hybridized carbons (Fsp3) is 0.400. The summed E-state index contributed by atoms with van der Waals surface area (Å²) in [5.74, 6) is -0.171. The summed E-state index contributed by atoms with van der Waals surface area (Å²) in [5, 5.41) is 4.55. The maximum absolute atomic E-state index is 11.0. The van der Waals surface area contributed by atoms with E-state index in [9.17, 15) is 4.79 Å². The van der Waals surface area contributed by atoms with Crippen LogP contribution in [0.25, 0.3) is 10.9 Å². The Balaban J connectivity index is 1.88. The molecule has 102 valence electrons. The highest BCUT2D eigenvalue weighted by Crippen LogP contribution is 2.21. The molecule has 0 amide bonds. The summed E-state index contributed by atoms with van der Waals surface area (Å²) in [6.45, 7) is 3.62. The number of aryl methyl sites for hydroxylation is 1. The van der Waals surface area contributed by atoms with Crippen LogP contribution in [-0.2, 0) is 16.0 Å². The van der Waals surface area contributed by atoms with E-state index in [0.29, 0.717) is 13.0 Å². The first kappa shape index (κ1) is 13.6. The maximum Gasteiger partial charge on any atom is 0.306 e. The first-order valence-electron chi connectivity index (χ1n) is 6.56. The Morgan fingerprint density at radius 2 is 2.11 bits per heavy atom. The van der Waals surface area contributed by atoms with Gasteiger partial charge >= 0.3 is 5.97 Å². The van der Waals surface area contributed by atoms with Gasteiger partial charge in [0.05, 0.1) is 13.5 Å². The lowest BCUT2D eigenvalue weighted by Crippen LogP contribution is -2.21. The number of H-pyrrole nitrogens is 1. The molecular weight excluding hydrogens is 240 g/mol. The van der Waals surface area contributed by atoms with E-state index < -0.39 is 0 Å². The molecule has 1 aromatic heterocycles. The minimum atomic E-state index is -0.171. The van der Waals surface area contributed by atoms with Crippen molar-refractivity contribution in [2.24, 2.45) is 0 Å². The summed E-state index contributed by atoms with van der Waals surface area (Å²) in [6, 6.07) is 8.33. The van der Waals surface area contributed by atoms with Crippen LogP contribution in [0.15, 0.2) is 24.3 Å². The number of methoxy groups -OCH3 is 1.